The first-order chi connectivity index (χ1) is 13.1. The van der Waals surface area contributed by atoms with Crippen molar-refractivity contribution in [1.29, 1.82) is 0 Å². The summed E-state index contributed by atoms with van der Waals surface area (Å²) in [4.78, 5) is 25.3. The average Bonchev–Trinajstić information content (AvgIpc) is 2.59. The normalized spacial score (nSPS) is 10.9. The lowest BCUT2D eigenvalue weighted by atomic mass is 10.2. The fourth-order valence-corrected chi connectivity index (χ4v) is 2.28. The molecule has 0 radical (unpaired) electrons. The minimum Gasteiger partial charge on any atom is -0.489 e. The van der Waals surface area contributed by atoms with Gasteiger partial charge in [0.25, 0.3) is 0 Å². The SMILES string of the molecule is CN(CC(=O)Nc1cccc(OCc2cccc(F)c2)c1)C(=O)OC(C)(C)C. The van der Waals surface area contributed by atoms with Gasteiger partial charge in [0.15, 0.2) is 0 Å². The number of anilines is 1. The summed E-state index contributed by atoms with van der Waals surface area (Å²) in [5.41, 5.74) is 0.600. The third-order valence-corrected chi connectivity index (χ3v) is 3.50. The standard InChI is InChI=1S/C21H25FN2O4/c1-21(2,3)28-20(26)24(4)13-19(25)23-17-9-6-10-18(12-17)27-14-15-7-5-8-16(22)11-15/h5-12H,13-14H2,1-4H3,(H,23,25). The highest BCUT2D eigenvalue weighted by molar-refractivity contribution is 5.94. The summed E-state index contributed by atoms with van der Waals surface area (Å²) in [5, 5.41) is 2.71. The van der Waals surface area contributed by atoms with Gasteiger partial charge in [0, 0.05) is 18.8 Å². The Bertz CT molecular complexity index is 833. The molecule has 2 aromatic rings. The highest BCUT2D eigenvalue weighted by Gasteiger charge is 2.21. The van der Waals surface area contributed by atoms with Gasteiger partial charge in [-0.1, -0.05) is 18.2 Å². The minimum absolute atomic E-state index is 0.150. The minimum atomic E-state index is -0.630. The number of hydrogen-bond donors (Lipinski definition) is 1. The zero-order valence-corrected chi connectivity index (χ0v) is 16.5. The highest BCUT2D eigenvalue weighted by Crippen LogP contribution is 2.19. The third kappa shape index (κ3) is 7.26. The van der Waals surface area contributed by atoms with Crippen LogP contribution >= 0.6 is 0 Å². The van der Waals surface area contributed by atoms with Crippen molar-refractivity contribution < 1.29 is 23.5 Å². The van der Waals surface area contributed by atoms with Crippen molar-refractivity contribution in [2.75, 3.05) is 18.9 Å². The van der Waals surface area contributed by atoms with Crippen LogP contribution < -0.4 is 10.1 Å². The van der Waals surface area contributed by atoms with E-state index < -0.39 is 11.7 Å². The smallest absolute Gasteiger partial charge is 0.410 e. The van der Waals surface area contributed by atoms with Gasteiger partial charge in [-0.25, -0.2) is 9.18 Å². The summed E-state index contributed by atoms with van der Waals surface area (Å²) in [6, 6.07) is 13.0. The van der Waals surface area contributed by atoms with E-state index in [-0.39, 0.29) is 24.9 Å². The van der Waals surface area contributed by atoms with E-state index in [4.69, 9.17) is 9.47 Å². The van der Waals surface area contributed by atoms with Crippen molar-refractivity contribution in [3.05, 3.63) is 59.9 Å². The van der Waals surface area contributed by atoms with Crippen LogP contribution in [0.15, 0.2) is 48.5 Å². The number of amides is 2. The molecule has 2 rings (SSSR count). The molecular formula is C21H25FN2O4. The van der Waals surface area contributed by atoms with E-state index in [1.54, 1.807) is 57.2 Å². The van der Waals surface area contributed by atoms with E-state index in [1.165, 1.54) is 24.1 Å². The van der Waals surface area contributed by atoms with Crippen molar-refractivity contribution in [3.8, 4) is 5.75 Å². The van der Waals surface area contributed by atoms with E-state index >= 15 is 0 Å². The molecule has 150 valence electrons. The Morgan fingerprint density at radius 1 is 1.11 bits per heavy atom. The molecule has 0 aliphatic heterocycles. The number of rotatable bonds is 6. The van der Waals surface area contributed by atoms with Crippen molar-refractivity contribution in [2.24, 2.45) is 0 Å². The molecule has 0 saturated carbocycles. The first kappa shape index (κ1) is 21.2. The van der Waals surface area contributed by atoms with E-state index in [0.717, 1.165) is 0 Å². The van der Waals surface area contributed by atoms with Crippen LogP contribution in [0.1, 0.15) is 26.3 Å². The van der Waals surface area contributed by atoms with Gasteiger partial charge < -0.3 is 19.7 Å². The molecule has 28 heavy (non-hydrogen) atoms. The fourth-order valence-electron chi connectivity index (χ4n) is 2.28. The molecule has 2 aromatic carbocycles. The number of hydrogen-bond acceptors (Lipinski definition) is 4. The second-order valence-electron chi connectivity index (χ2n) is 7.33. The van der Waals surface area contributed by atoms with Crippen LogP contribution in [0.3, 0.4) is 0 Å². The summed E-state index contributed by atoms with van der Waals surface area (Å²) < 4.78 is 24.1. The Hall–Kier alpha value is -3.09. The van der Waals surface area contributed by atoms with Crippen molar-refractivity contribution in [2.45, 2.75) is 33.0 Å². The molecule has 0 spiro atoms. The number of carbonyl (C=O) groups excluding carboxylic acids is 2. The number of benzene rings is 2. The number of likely N-dealkylation sites (N-methyl/N-ethyl adjacent to an activating group) is 1. The van der Waals surface area contributed by atoms with Gasteiger partial charge in [-0.3, -0.25) is 4.79 Å². The Morgan fingerprint density at radius 2 is 1.82 bits per heavy atom. The fraction of sp³-hybridized carbons (Fsp3) is 0.333. The number of nitrogens with zero attached hydrogens (tertiary/aromatic N) is 1. The van der Waals surface area contributed by atoms with Gasteiger partial charge in [0.05, 0.1) is 0 Å². The summed E-state index contributed by atoms with van der Waals surface area (Å²) in [5.74, 6) is -0.158. The zero-order valence-electron chi connectivity index (χ0n) is 16.5. The maximum atomic E-state index is 13.2. The number of ether oxygens (including phenoxy) is 2. The van der Waals surface area contributed by atoms with E-state index in [0.29, 0.717) is 17.0 Å². The molecule has 0 bridgehead atoms. The molecular weight excluding hydrogens is 363 g/mol. The summed E-state index contributed by atoms with van der Waals surface area (Å²) >= 11 is 0. The predicted octanol–water partition coefficient (Wildman–Crippen LogP) is 4.21. The Kier molecular flexibility index (Phi) is 6.98. The zero-order chi connectivity index (χ0) is 20.7. The van der Waals surface area contributed by atoms with Crippen LogP contribution in [-0.4, -0.2) is 36.1 Å². The molecule has 0 fully saturated rings. The average molecular weight is 388 g/mol. The van der Waals surface area contributed by atoms with Crippen LogP contribution in [0.2, 0.25) is 0 Å². The second kappa shape index (κ2) is 9.21. The molecule has 0 atom stereocenters. The molecule has 0 unspecified atom stereocenters. The number of nitrogens with one attached hydrogen (secondary N) is 1. The molecule has 2 amide bonds. The lowest BCUT2D eigenvalue weighted by molar-refractivity contribution is -0.117. The van der Waals surface area contributed by atoms with Crippen molar-refractivity contribution in [1.82, 2.24) is 4.90 Å². The van der Waals surface area contributed by atoms with E-state index in [9.17, 15) is 14.0 Å². The molecule has 1 N–H and O–H groups in total. The summed E-state index contributed by atoms with van der Waals surface area (Å²) in [7, 11) is 1.49. The van der Waals surface area contributed by atoms with Gasteiger partial charge >= 0.3 is 6.09 Å². The first-order valence-corrected chi connectivity index (χ1v) is 8.84. The maximum Gasteiger partial charge on any atom is 0.410 e. The lowest BCUT2D eigenvalue weighted by Crippen LogP contribution is -2.38. The van der Waals surface area contributed by atoms with Gasteiger partial charge in [-0.15, -0.1) is 0 Å². The quantitative estimate of drug-likeness (QED) is 0.805. The van der Waals surface area contributed by atoms with E-state index in [2.05, 4.69) is 5.32 Å². The van der Waals surface area contributed by atoms with Gasteiger partial charge in [-0.05, 0) is 50.6 Å². The molecule has 6 nitrogen and oxygen atoms in total. The molecule has 0 heterocycles. The topological polar surface area (TPSA) is 67.9 Å². The molecule has 0 saturated heterocycles. The third-order valence-electron chi connectivity index (χ3n) is 3.50. The summed E-state index contributed by atoms with van der Waals surface area (Å²) in [6.07, 6.45) is -0.574. The van der Waals surface area contributed by atoms with Gasteiger partial charge in [0.2, 0.25) is 5.91 Å². The molecule has 7 heteroatoms. The van der Waals surface area contributed by atoms with Crippen LogP contribution in [0.5, 0.6) is 5.75 Å². The van der Waals surface area contributed by atoms with Gasteiger partial charge in [-0.2, -0.15) is 0 Å². The Labute approximate surface area is 164 Å². The summed E-state index contributed by atoms with van der Waals surface area (Å²) in [6.45, 7) is 5.33. The molecule has 0 aliphatic carbocycles. The predicted molar refractivity (Wildman–Crippen MR) is 105 cm³/mol. The highest BCUT2D eigenvalue weighted by atomic mass is 19.1. The Morgan fingerprint density at radius 3 is 2.50 bits per heavy atom. The maximum absolute atomic E-state index is 13.2. The number of carbonyl (C=O) groups is 2. The van der Waals surface area contributed by atoms with Crippen LogP contribution in [0.25, 0.3) is 0 Å². The van der Waals surface area contributed by atoms with Crippen LogP contribution in [0.4, 0.5) is 14.9 Å². The molecule has 0 aliphatic rings. The van der Waals surface area contributed by atoms with Crippen LogP contribution in [0, 0.1) is 5.82 Å². The van der Waals surface area contributed by atoms with Crippen molar-refractivity contribution >= 4 is 17.7 Å². The van der Waals surface area contributed by atoms with Gasteiger partial charge in [0.1, 0.15) is 30.3 Å². The lowest BCUT2D eigenvalue weighted by Gasteiger charge is -2.24. The van der Waals surface area contributed by atoms with Crippen LogP contribution in [-0.2, 0) is 16.1 Å². The monoisotopic (exact) mass is 388 g/mol. The Balaban J connectivity index is 1.89. The first-order valence-electron chi connectivity index (χ1n) is 8.84. The largest absolute Gasteiger partial charge is 0.489 e. The second-order valence-corrected chi connectivity index (χ2v) is 7.33. The van der Waals surface area contributed by atoms with Crippen molar-refractivity contribution in [3.63, 3.8) is 0 Å². The number of halogens is 1. The molecule has 0 aromatic heterocycles. The van der Waals surface area contributed by atoms with E-state index in [1.807, 2.05) is 0 Å².